The van der Waals surface area contributed by atoms with Crippen LogP contribution in [-0.2, 0) is 23.9 Å². The summed E-state index contributed by atoms with van der Waals surface area (Å²) in [6.07, 6.45) is 0. The molecule has 0 aromatic heterocycles. The van der Waals surface area contributed by atoms with Crippen molar-refractivity contribution in [3.8, 4) is 0 Å². The van der Waals surface area contributed by atoms with Crippen LogP contribution < -0.4 is 11.3 Å². The molecule has 0 radical (unpaired) electrons. The van der Waals surface area contributed by atoms with Gasteiger partial charge < -0.3 is 52.0 Å². The van der Waals surface area contributed by atoms with Crippen molar-refractivity contribution in [2.45, 2.75) is 0 Å². The summed E-state index contributed by atoms with van der Waals surface area (Å²) >= 11 is 0. The molecule has 0 fully saturated rings. The van der Waals surface area contributed by atoms with Crippen LogP contribution in [0, 0.1) is 0 Å². The van der Waals surface area contributed by atoms with Gasteiger partial charge in [0.05, 0.1) is 32.4 Å². The van der Waals surface area contributed by atoms with Gasteiger partial charge in [0.1, 0.15) is 6.54 Å². The standard InChI is InChI=1S/C8H11NO8.C4H10O3.2Ca.H3N.4H/c10-5(11)1-9(2-6(12)13,3-7(14)15)4-8(16)17;5-1-3-7-4-2-6;;;;;;;/h1-4H2,(H3-,10,11,12,13,14,15,16,17);5-6H,1-4H2;;;1H3;;;;/q;;2*+2;;4*-1. The first-order valence-electron chi connectivity index (χ1n) is 6.58. The van der Waals surface area contributed by atoms with Gasteiger partial charge in [-0.25, -0.2) is 14.4 Å². The number of ether oxygens (including phenoxy) is 1. The fraction of sp³-hybridized carbons (Fsp3) is 0.667. The first-order valence-corrected chi connectivity index (χ1v) is 6.58. The number of aliphatic hydroxyl groups excluding tert-OH is 2. The van der Waals surface area contributed by atoms with E-state index in [0.717, 1.165) is 0 Å². The zero-order valence-electron chi connectivity index (χ0n) is 18.9. The van der Waals surface area contributed by atoms with Gasteiger partial charge in [0, 0.05) is 0 Å². The summed E-state index contributed by atoms with van der Waals surface area (Å²) in [5.74, 6) is -6.19. The van der Waals surface area contributed by atoms with Crippen molar-refractivity contribution < 1.29 is 64.7 Å². The van der Waals surface area contributed by atoms with Crippen LogP contribution in [0.2, 0.25) is 0 Å². The number of carbonyl (C=O) groups excluding carboxylic acids is 1. The van der Waals surface area contributed by atoms with Crippen LogP contribution in [0.25, 0.3) is 0 Å². The minimum absolute atomic E-state index is 0. The van der Waals surface area contributed by atoms with Crippen molar-refractivity contribution in [2.24, 2.45) is 0 Å². The van der Waals surface area contributed by atoms with Gasteiger partial charge in [-0.1, -0.05) is 0 Å². The van der Waals surface area contributed by atoms with Crippen molar-refractivity contribution in [1.82, 2.24) is 6.15 Å². The van der Waals surface area contributed by atoms with Crippen LogP contribution in [0.3, 0.4) is 0 Å². The molecule has 0 atom stereocenters. The molecule has 0 saturated carbocycles. The van der Waals surface area contributed by atoms with Gasteiger partial charge >= 0.3 is 93.4 Å². The van der Waals surface area contributed by atoms with E-state index >= 15 is 0 Å². The van der Waals surface area contributed by atoms with E-state index in [1.54, 1.807) is 0 Å². The Bertz CT molecular complexity index is 381. The Morgan fingerprint density at radius 3 is 1.26 bits per heavy atom. The molecular formula is C12H28Ca2N2O11. The average molecular weight is 457 g/mol. The summed E-state index contributed by atoms with van der Waals surface area (Å²) < 4.78 is 3.50. The predicted molar refractivity (Wildman–Crippen MR) is 93.6 cm³/mol. The molecule has 0 heterocycles. The molecule has 0 aliphatic carbocycles. The summed E-state index contributed by atoms with van der Waals surface area (Å²) in [6, 6.07) is 0. The zero-order valence-corrected chi connectivity index (χ0v) is 19.3. The smallest absolute Gasteiger partial charge is 1.00 e. The molecule has 0 bridgehead atoms. The first-order chi connectivity index (χ1) is 11.1. The Morgan fingerprint density at radius 1 is 0.778 bits per heavy atom. The molecule has 15 heteroatoms. The number of hydrogen-bond donors (Lipinski definition) is 6. The molecule has 8 N–H and O–H groups in total. The van der Waals surface area contributed by atoms with E-state index in [4.69, 9.17) is 25.5 Å². The zero-order chi connectivity index (χ0) is 19.2. The fourth-order valence-electron chi connectivity index (χ4n) is 1.70. The number of carbonyl (C=O) groups is 4. The number of aliphatic hydroxyl groups is 2. The number of hydrogen-bond acceptors (Lipinski definition) is 9. The van der Waals surface area contributed by atoms with Crippen molar-refractivity contribution in [1.29, 1.82) is 0 Å². The molecule has 0 amide bonds. The monoisotopic (exact) mass is 456 g/mol. The van der Waals surface area contributed by atoms with E-state index in [1.807, 2.05) is 0 Å². The van der Waals surface area contributed by atoms with Crippen molar-refractivity contribution >= 4 is 99.4 Å². The van der Waals surface area contributed by atoms with E-state index in [9.17, 15) is 24.3 Å². The summed E-state index contributed by atoms with van der Waals surface area (Å²) in [5.41, 5.74) is 0. The molecule has 27 heavy (non-hydrogen) atoms. The first kappa shape index (κ1) is 37.9. The Hall–Kier alpha value is 0.199. The third-order valence-electron chi connectivity index (χ3n) is 2.35. The van der Waals surface area contributed by atoms with E-state index in [1.165, 1.54) is 0 Å². The summed E-state index contributed by atoms with van der Waals surface area (Å²) in [7, 11) is 0. The second-order valence-electron chi connectivity index (χ2n) is 4.59. The largest absolute Gasteiger partial charge is 2.00 e. The molecule has 0 aromatic carbocycles. The number of rotatable bonds is 12. The molecule has 0 saturated heterocycles. The second kappa shape index (κ2) is 22.5. The summed E-state index contributed by atoms with van der Waals surface area (Å²) in [4.78, 5) is 42.1. The number of carboxylic acid groups (broad SMARTS) is 4. The Labute approximate surface area is 221 Å². The van der Waals surface area contributed by atoms with Crippen molar-refractivity contribution in [3.05, 3.63) is 0 Å². The fourth-order valence-corrected chi connectivity index (χ4v) is 1.70. The number of carboxylic acids is 4. The number of quaternary nitrogens is 1. The van der Waals surface area contributed by atoms with Gasteiger partial charge in [-0.05, 0) is 0 Å². The molecule has 0 aliphatic rings. The summed E-state index contributed by atoms with van der Waals surface area (Å²) in [5, 5.41) is 52.3. The Morgan fingerprint density at radius 2 is 1.07 bits per heavy atom. The molecule has 156 valence electrons. The van der Waals surface area contributed by atoms with Crippen molar-refractivity contribution in [2.75, 3.05) is 52.6 Å². The van der Waals surface area contributed by atoms with Crippen LogP contribution >= 0.6 is 0 Å². The van der Waals surface area contributed by atoms with Crippen LogP contribution in [0.5, 0.6) is 0 Å². The topological polar surface area (TPSA) is 237 Å². The quantitative estimate of drug-likeness (QED) is 0.0928. The van der Waals surface area contributed by atoms with Gasteiger partial charge in [-0.15, -0.1) is 0 Å². The predicted octanol–water partition coefficient (Wildman–Crippen LogP) is -4.36. The van der Waals surface area contributed by atoms with Gasteiger partial charge in [0.25, 0.3) is 0 Å². The maximum absolute atomic E-state index is 10.5. The third-order valence-corrected chi connectivity index (χ3v) is 2.35. The SMILES string of the molecule is N.O=C([O-])C[N+](CC(=O)O)(CC(=O)O)CC(=O)O.OCCOCCO.[Ca+2].[Ca+2].[H-].[H-].[H-].[H-]. The number of nitrogens with zero attached hydrogens (tertiary/aromatic N) is 1. The van der Waals surface area contributed by atoms with Crippen LogP contribution in [0.4, 0.5) is 0 Å². The minimum atomic E-state index is -1.71. The maximum atomic E-state index is 10.5. The van der Waals surface area contributed by atoms with Crippen LogP contribution in [0.1, 0.15) is 5.71 Å². The summed E-state index contributed by atoms with van der Waals surface area (Å²) in [6.45, 7) is -3.07. The molecule has 0 rings (SSSR count). The van der Waals surface area contributed by atoms with E-state index < -0.39 is 54.5 Å². The Kier molecular flexibility index (Phi) is 31.6. The number of aliphatic carboxylic acids is 4. The normalized spacial score (nSPS) is 9.26. The molecule has 0 unspecified atom stereocenters. The van der Waals surface area contributed by atoms with Crippen LogP contribution in [0.15, 0.2) is 0 Å². The van der Waals surface area contributed by atoms with Crippen molar-refractivity contribution in [3.63, 3.8) is 0 Å². The molecule has 0 aliphatic heterocycles. The van der Waals surface area contributed by atoms with Gasteiger partial charge in [-0.2, -0.15) is 0 Å². The average Bonchev–Trinajstić information content (AvgIpc) is 2.35. The van der Waals surface area contributed by atoms with Gasteiger partial charge in [0.15, 0.2) is 19.6 Å². The Balaban J connectivity index is -0.0000000438. The molecule has 13 nitrogen and oxygen atoms in total. The van der Waals surface area contributed by atoms with Gasteiger partial charge in [-0.3, -0.25) is 4.48 Å². The minimum Gasteiger partial charge on any atom is -1.00 e. The van der Waals surface area contributed by atoms with Gasteiger partial charge in [0.2, 0.25) is 0 Å². The van der Waals surface area contributed by atoms with E-state index in [2.05, 4.69) is 4.74 Å². The third kappa shape index (κ3) is 26.2. The van der Waals surface area contributed by atoms with E-state index in [-0.39, 0.29) is 101 Å². The second-order valence-corrected chi connectivity index (χ2v) is 4.59. The maximum Gasteiger partial charge on any atom is 2.00 e. The molecular weight excluding hydrogens is 428 g/mol. The van der Waals surface area contributed by atoms with Crippen LogP contribution in [-0.4, -0.2) is 182 Å². The molecule has 0 aromatic rings. The molecule has 0 spiro atoms. The van der Waals surface area contributed by atoms with E-state index in [0.29, 0.717) is 13.2 Å².